The zero-order chi connectivity index (χ0) is 9.26. The van der Waals surface area contributed by atoms with Crippen LogP contribution in [0.4, 0.5) is 0 Å². The summed E-state index contributed by atoms with van der Waals surface area (Å²) >= 11 is 3.11. The first-order chi connectivity index (χ1) is 6.33. The Hall–Kier alpha value is -0.750. The van der Waals surface area contributed by atoms with Crippen molar-refractivity contribution in [2.45, 2.75) is 0 Å². The summed E-state index contributed by atoms with van der Waals surface area (Å²) in [6.07, 6.45) is 4.95. The number of ketones is 1. The third-order valence-corrected chi connectivity index (χ3v) is 2.20. The number of nitrogens with zero attached hydrogens (tertiary/aromatic N) is 3. The summed E-state index contributed by atoms with van der Waals surface area (Å²) in [5.41, 5.74) is 0.556. The van der Waals surface area contributed by atoms with Crippen molar-refractivity contribution in [2.75, 3.05) is 5.33 Å². The third kappa shape index (κ3) is 1.85. The highest BCUT2D eigenvalue weighted by atomic mass is 79.9. The van der Waals surface area contributed by atoms with Gasteiger partial charge in [-0.1, -0.05) is 15.9 Å². The fraction of sp³-hybridized carbons (Fsp3) is 0.125. The number of halogens is 2. The predicted octanol–water partition coefficient (Wildman–Crippen LogP) is 1.88. The molecule has 0 aliphatic carbocycles. The molecule has 6 heteroatoms. The van der Waals surface area contributed by atoms with Crippen LogP contribution in [-0.2, 0) is 0 Å². The number of imidazole rings is 1. The van der Waals surface area contributed by atoms with Gasteiger partial charge in [-0.15, -0.1) is 17.0 Å². The summed E-state index contributed by atoms with van der Waals surface area (Å²) in [7, 11) is 0. The van der Waals surface area contributed by atoms with Crippen molar-refractivity contribution in [1.82, 2.24) is 14.4 Å². The van der Waals surface area contributed by atoms with Crippen LogP contribution in [0.15, 0.2) is 24.7 Å². The molecule has 0 aliphatic heterocycles. The number of alkyl halides is 1. The van der Waals surface area contributed by atoms with Crippen LogP contribution in [0.5, 0.6) is 0 Å². The number of fused-ring (bicyclic) bond motifs is 1. The molecule has 0 unspecified atom stereocenters. The Kier molecular flexibility index (Phi) is 3.77. The maximum atomic E-state index is 11.4. The van der Waals surface area contributed by atoms with Gasteiger partial charge in [-0.25, -0.2) is 9.97 Å². The fourth-order valence-corrected chi connectivity index (χ4v) is 1.39. The van der Waals surface area contributed by atoms with Gasteiger partial charge in [0.05, 0.1) is 11.5 Å². The van der Waals surface area contributed by atoms with E-state index in [4.69, 9.17) is 0 Å². The van der Waals surface area contributed by atoms with Crippen molar-refractivity contribution in [1.29, 1.82) is 0 Å². The minimum Gasteiger partial charge on any atom is -0.291 e. The molecule has 0 fully saturated rings. The zero-order valence-corrected chi connectivity index (χ0v) is 10.4. The van der Waals surface area contributed by atoms with Gasteiger partial charge in [-0.05, 0) is 6.07 Å². The molecular weight excluding hydrogens is 314 g/mol. The molecule has 0 spiro atoms. The quantitative estimate of drug-likeness (QED) is 0.627. The molecule has 0 bridgehead atoms. The lowest BCUT2D eigenvalue weighted by atomic mass is 10.3. The van der Waals surface area contributed by atoms with Crippen LogP contribution in [0.2, 0.25) is 0 Å². The molecule has 2 heterocycles. The monoisotopic (exact) mass is 319 g/mol. The highest BCUT2D eigenvalue weighted by molar-refractivity contribution is 9.09. The van der Waals surface area contributed by atoms with E-state index in [1.165, 1.54) is 6.20 Å². The van der Waals surface area contributed by atoms with Crippen molar-refractivity contribution < 1.29 is 4.79 Å². The molecule has 0 saturated carbocycles. The van der Waals surface area contributed by atoms with E-state index in [1.54, 1.807) is 22.9 Å². The van der Waals surface area contributed by atoms with E-state index < -0.39 is 0 Å². The van der Waals surface area contributed by atoms with Gasteiger partial charge in [0, 0.05) is 12.4 Å². The van der Waals surface area contributed by atoms with Crippen molar-refractivity contribution in [2.24, 2.45) is 0 Å². The maximum Gasteiger partial charge on any atom is 0.234 e. The first kappa shape index (κ1) is 11.3. The highest BCUT2D eigenvalue weighted by Gasteiger charge is 2.09. The topological polar surface area (TPSA) is 47.3 Å². The maximum absolute atomic E-state index is 11.4. The lowest BCUT2D eigenvalue weighted by Crippen LogP contribution is -2.04. The van der Waals surface area contributed by atoms with Crippen LogP contribution in [0, 0.1) is 0 Å². The summed E-state index contributed by atoms with van der Waals surface area (Å²) < 4.78 is 1.67. The molecule has 0 atom stereocenters. The largest absolute Gasteiger partial charge is 0.291 e. The summed E-state index contributed by atoms with van der Waals surface area (Å²) in [5.74, 6) is 0.548. The van der Waals surface area contributed by atoms with E-state index in [1.807, 2.05) is 0 Å². The Labute approximate surface area is 99.3 Å². The van der Waals surface area contributed by atoms with Crippen molar-refractivity contribution in [3.05, 3.63) is 30.4 Å². The van der Waals surface area contributed by atoms with E-state index in [0.29, 0.717) is 16.8 Å². The Balaban J connectivity index is 0.000000980. The van der Waals surface area contributed by atoms with Crippen LogP contribution in [-0.4, -0.2) is 25.5 Å². The van der Waals surface area contributed by atoms with Crippen molar-refractivity contribution in [3.8, 4) is 0 Å². The number of carbonyl (C=O) groups is 1. The Morgan fingerprint density at radius 2 is 2.29 bits per heavy atom. The second-order valence-corrected chi connectivity index (χ2v) is 3.05. The van der Waals surface area contributed by atoms with Crippen LogP contribution in [0.3, 0.4) is 0 Å². The van der Waals surface area contributed by atoms with Crippen LogP contribution >= 0.6 is 32.9 Å². The van der Waals surface area contributed by atoms with Gasteiger partial charge in [0.15, 0.2) is 5.78 Å². The zero-order valence-electron chi connectivity index (χ0n) is 7.05. The predicted molar refractivity (Wildman–Crippen MR) is 61.4 cm³/mol. The molecule has 0 radical (unpaired) electrons. The Morgan fingerprint density at radius 3 is 3.00 bits per heavy atom. The Bertz CT molecular complexity index is 455. The van der Waals surface area contributed by atoms with Crippen LogP contribution in [0.25, 0.3) is 5.78 Å². The van der Waals surface area contributed by atoms with Gasteiger partial charge in [-0.3, -0.25) is 9.20 Å². The molecule has 4 nitrogen and oxygen atoms in total. The SMILES string of the molecule is Br.O=C(CBr)c1cnc2ncccn12. The molecular formula is C8H7Br2N3O. The average Bonchev–Trinajstić information content (AvgIpc) is 2.60. The second kappa shape index (κ2) is 4.65. The van der Waals surface area contributed by atoms with E-state index in [-0.39, 0.29) is 22.8 Å². The highest BCUT2D eigenvalue weighted by Crippen LogP contribution is 2.05. The van der Waals surface area contributed by atoms with Gasteiger partial charge < -0.3 is 0 Å². The number of rotatable bonds is 2. The molecule has 2 rings (SSSR count). The molecule has 0 aliphatic rings. The smallest absolute Gasteiger partial charge is 0.234 e. The number of hydrogen-bond acceptors (Lipinski definition) is 3. The van der Waals surface area contributed by atoms with Gasteiger partial charge in [-0.2, -0.15) is 0 Å². The molecule has 2 aromatic rings. The van der Waals surface area contributed by atoms with Gasteiger partial charge in [0.1, 0.15) is 5.69 Å². The molecule has 0 aromatic carbocycles. The number of aromatic nitrogens is 3. The number of carbonyl (C=O) groups excluding carboxylic acids is 1. The molecule has 0 amide bonds. The first-order valence-corrected chi connectivity index (χ1v) is 4.82. The summed E-state index contributed by atoms with van der Waals surface area (Å²) in [4.78, 5) is 19.4. The van der Waals surface area contributed by atoms with Gasteiger partial charge in [0.25, 0.3) is 0 Å². The molecule has 0 saturated heterocycles. The van der Waals surface area contributed by atoms with E-state index >= 15 is 0 Å². The van der Waals surface area contributed by atoms with Crippen LogP contribution in [0.1, 0.15) is 10.5 Å². The molecule has 2 aromatic heterocycles. The lowest BCUT2D eigenvalue weighted by molar-refractivity contribution is 0.101. The number of Topliss-reactive ketones (excluding diaryl/α,β-unsaturated/α-hetero) is 1. The summed E-state index contributed by atoms with van der Waals surface area (Å²) in [6.45, 7) is 0. The minimum atomic E-state index is 0. The Morgan fingerprint density at radius 1 is 1.50 bits per heavy atom. The first-order valence-electron chi connectivity index (χ1n) is 3.70. The second-order valence-electron chi connectivity index (χ2n) is 2.49. The summed E-state index contributed by atoms with van der Waals surface area (Å²) in [5, 5.41) is 0.301. The lowest BCUT2D eigenvalue weighted by Gasteiger charge is -1.95. The standard InChI is InChI=1S/C8H6BrN3O.BrH/c9-4-7(13)6-5-11-8-10-2-1-3-12(6)8;/h1-3,5H,4H2;1H. The van der Waals surface area contributed by atoms with E-state index in [9.17, 15) is 4.79 Å². The minimum absolute atomic E-state index is 0. The van der Waals surface area contributed by atoms with Crippen LogP contribution < -0.4 is 0 Å². The summed E-state index contributed by atoms with van der Waals surface area (Å²) in [6, 6.07) is 1.76. The third-order valence-electron chi connectivity index (χ3n) is 1.70. The number of hydrogen-bond donors (Lipinski definition) is 0. The molecule has 14 heavy (non-hydrogen) atoms. The van der Waals surface area contributed by atoms with Crippen molar-refractivity contribution in [3.63, 3.8) is 0 Å². The normalized spacial score (nSPS) is 9.79. The van der Waals surface area contributed by atoms with Crippen molar-refractivity contribution >= 4 is 44.5 Å². The average molecular weight is 321 g/mol. The molecule has 74 valence electrons. The van der Waals surface area contributed by atoms with E-state index in [0.717, 1.165) is 0 Å². The fourth-order valence-electron chi connectivity index (χ4n) is 1.10. The van der Waals surface area contributed by atoms with E-state index in [2.05, 4.69) is 25.9 Å². The molecule has 0 N–H and O–H groups in total. The van der Waals surface area contributed by atoms with Gasteiger partial charge in [0.2, 0.25) is 5.78 Å². The van der Waals surface area contributed by atoms with Gasteiger partial charge >= 0.3 is 0 Å².